The van der Waals surface area contributed by atoms with Gasteiger partial charge in [-0.1, -0.05) is 139 Å². The second-order valence-electron chi connectivity index (χ2n) is 17.5. The molecule has 0 radical (unpaired) electrons. The molecule has 2 aliphatic rings. The van der Waals surface area contributed by atoms with Gasteiger partial charge in [-0.25, -0.2) is 4.99 Å². The Hall–Kier alpha value is -2.40. The third-order valence-corrected chi connectivity index (χ3v) is 24.2. The van der Waals surface area contributed by atoms with Gasteiger partial charge in [-0.3, -0.25) is 0 Å². The lowest BCUT2D eigenvalue weighted by Gasteiger charge is -2.50. The summed E-state index contributed by atoms with van der Waals surface area (Å²) >= 11 is 0. The molecule has 0 fully saturated rings. The minimum Gasteiger partial charge on any atom is -0.495 e. The molecule has 52 heavy (non-hydrogen) atoms. The van der Waals surface area contributed by atoms with Crippen molar-refractivity contribution >= 4 is 22.5 Å². The summed E-state index contributed by atoms with van der Waals surface area (Å²) in [5.41, 5.74) is 5.02. The highest BCUT2D eigenvalue weighted by Gasteiger charge is 2.52. The van der Waals surface area contributed by atoms with E-state index in [0.29, 0.717) is 65.4 Å². The van der Waals surface area contributed by atoms with E-state index in [2.05, 4.69) is 139 Å². The van der Waals surface area contributed by atoms with Gasteiger partial charge >= 0.3 is 0 Å². The average Bonchev–Trinajstić information content (AvgIpc) is 3.57. The van der Waals surface area contributed by atoms with E-state index in [0.717, 1.165) is 28.5 Å². The highest BCUT2D eigenvalue weighted by Crippen LogP contribution is 2.48. The van der Waals surface area contributed by atoms with E-state index in [9.17, 15) is 0 Å². The fourth-order valence-electron chi connectivity index (χ4n) is 9.32. The van der Waals surface area contributed by atoms with Gasteiger partial charge in [0.2, 0.25) is 16.6 Å². The van der Waals surface area contributed by atoms with Gasteiger partial charge in [0.25, 0.3) is 0 Å². The summed E-state index contributed by atoms with van der Waals surface area (Å²) in [6, 6.07) is 19.0. The van der Waals surface area contributed by atoms with Crippen LogP contribution in [0, 0.1) is 5.92 Å². The number of rotatable bonds is 18. The summed E-state index contributed by atoms with van der Waals surface area (Å²) in [7, 11) is -4.53. The van der Waals surface area contributed by atoms with Crippen LogP contribution in [0.1, 0.15) is 120 Å². The third-order valence-electron chi connectivity index (χ3n) is 12.0. The van der Waals surface area contributed by atoms with Crippen LogP contribution >= 0.6 is 0 Å². The fourth-order valence-corrected chi connectivity index (χ4v) is 20.4. The molecule has 0 aliphatic carbocycles. The SMILES string of the molecule is CC(C)[C@H]1COC(C[C@H](C2=C[C@@H](O[Si](C(C)C)(C(C)C)C(C)C)[C@H](O[Si](C(C)C)(C(C)C)C(C)C)CO2)c2ccc(OCc3ccccc3)cc2)=N1. The van der Waals surface area contributed by atoms with E-state index >= 15 is 0 Å². The molecule has 4 atom stereocenters. The van der Waals surface area contributed by atoms with Gasteiger partial charge in [0.15, 0.2) is 5.90 Å². The molecule has 0 amide bonds. The van der Waals surface area contributed by atoms with Crippen LogP contribution in [-0.2, 0) is 24.9 Å². The first-order valence-electron chi connectivity index (χ1n) is 20.2. The summed E-state index contributed by atoms with van der Waals surface area (Å²) < 4.78 is 34.6. The average molecular weight is 750 g/mol. The molecule has 2 aliphatic heterocycles. The normalized spacial score (nSPS) is 20.6. The van der Waals surface area contributed by atoms with Crippen LogP contribution in [0.4, 0.5) is 0 Å². The van der Waals surface area contributed by atoms with Crippen molar-refractivity contribution in [2.75, 3.05) is 13.2 Å². The lowest BCUT2D eigenvalue weighted by Crippen LogP contribution is -2.58. The molecule has 0 saturated heterocycles. The molecule has 8 heteroatoms. The summed E-state index contributed by atoms with van der Waals surface area (Å²) in [5.74, 6) is 2.90. The van der Waals surface area contributed by atoms with Gasteiger partial charge in [0.1, 0.15) is 37.4 Å². The Morgan fingerprint density at radius 1 is 0.654 bits per heavy atom. The van der Waals surface area contributed by atoms with Gasteiger partial charge in [-0.15, -0.1) is 0 Å². The second kappa shape index (κ2) is 18.3. The van der Waals surface area contributed by atoms with Crippen molar-refractivity contribution in [3.63, 3.8) is 0 Å². The number of nitrogens with zero attached hydrogens (tertiary/aromatic N) is 1. The Balaban J connectivity index is 1.78. The Kier molecular flexibility index (Phi) is 14.9. The second-order valence-corrected chi connectivity index (χ2v) is 28.3. The van der Waals surface area contributed by atoms with E-state index in [4.69, 9.17) is 28.1 Å². The molecular weight excluding hydrogens is 679 g/mol. The molecule has 0 saturated carbocycles. The van der Waals surface area contributed by atoms with Gasteiger partial charge < -0.3 is 23.1 Å². The Labute approximate surface area is 319 Å². The minimum atomic E-state index is -2.29. The van der Waals surface area contributed by atoms with Crippen LogP contribution in [0.15, 0.2) is 71.4 Å². The molecule has 2 heterocycles. The highest BCUT2D eigenvalue weighted by atomic mass is 28.4. The molecule has 6 nitrogen and oxygen atoms in total. The summed E-state index contributed by atoms with van der Waals surface area (Å²) in [4.78, 5) is 5.04. The number of aliphatic imine (C=N–C) groups is 1. The molecule has 0 N–H and O–H groups in total. The van der Waals surface area contributed by atoms with E-state index in [1.54, 1.807) is 0 Å². The lowest BCUT2D eigenvalue weighted by molar-refractivity contribution is -0.0147. The molecule has 0 unspecified atom stereocenters. The van der Waals surface area contributed by atoms with E-state index in [1.165, 1.54) is 0 Å². The maximum Gasteiger partial charge on any atom is 0.201 e. The van der Waals surface area contributed by atoms with Crippen molar-refractivity contribution < 1.29 is 23.1 Å². The van der Waals surface area contributed by atoms with Crippen molar-refractivity contribution in [1.82, 2.24) is 0 Å². The van der Waals surface area contributed by atoms with E-state index in [-0.39, 0.29) is 24.2 Å². The van der Waals surface area contributed by atoms with Crippen molar-refractivity contribution in [1.29, 1.82) is 0 Å². The summed E-state index contributed by atoms with van der Waals surface area (Å²) in [6.45, 7) is 34.4. The monoisotopic (exact) mass is 749 g/mol. The van der Waals surface area contributed by atoms with Crippen LogP contribution in [0.5, 0.6) is 5.75 Å². The molecule has 2 aromatic carbocycles. The number of benzene rings is 2. The molecule has 290 valence electrons. The lowest BCUT2D eigenvalue weighted by atomic mass is 9.91. The van der Waals surface area contributed by atoms with Crippen molar-refractivity contribution in [3.05, 3.63) is 77.6 Å². The Bertz CT molecular complexity index is 1410. The van der Waals surface area contributed by atoms with Crippen LogP contribution in [0.25, 0.3) is 0 Å². The third kappa shape index (κ3) is 9.45. The predicted molar refractivity (Wildman–Crippen MR) is 222 cm³/mol. The number of ether oxygens (including phenoxy) is 3. The van der Waals surface area contributed by atoms with Gasteiger partial charge in [0.05, 0.1) is 12.1 Å². The highest BCUT2D eigenvalue weighted by molar-refractivity contribution is 6.78. The molecular formula is C44H71NO5Si2. The zero-order valence-electron chi connectivity index (χ0n) is 34.9. The number of allylic oxidation sites excluding steroid dienone is 1. The minimum absolute atomic E-state index is 0.0876. The fraction of sp³-hybridized carbons (Fsp3) is 0.659. The quantitative estimate of drug-likeness (QED) is 0.142. The number of hydrogen-bond donors (Lipinski definition) is 0. The molecule has 0 spiro atoms. The van der Waals surface area contributed by atoms with Crippen molar-refractivity contribution in [2.24, 2.45) is 10.9 Å². The molecule has 2 aromatic rings. The molecule has 0 aromatic heterocycles. The number of hydrogen-bond acceptors (Lipinski definition) is 6. The Morgan fingerprint density at radius 3 is 1.69 bits per heavy atom. The largest absolute Gasteiger partial charge is 0.495 e. The topological polar surface area (TPSA) is 58.5 Å². The zero-order chi connectivity index (χ0) is 38.4. The maximum atomic E-state index is 7.69. The first-order chi connectivity index (χ1) is 24.5. The van der Waals surface area contributed by atoms with Crippen LogP contribution in [0.2, 0.25) is 33.2 Å². The predicted octanol–water partition coefficient (Wildman–Crippen LogP) is 12.2. The van der Waals surface area contributed by atoms with Crippen molar-refractivity contribution in [2.45, 2.75) is 167 Å². The molecule has 0 bridgehead atoms. The first-order valence-corrected chi connectivity index (χ1v) is 24.5. The van der Waals surface area contributed by atoms with Crippen LogP contribution in [0.3, 0.4) is 0 Å². The smallest absolute Gasteiger partial charge is 0.201 e. The standard InChI is InChI=1S/C44H71NO5Si2/c1-29(2)40-27-48-44(45-40)24-39(37-20-22-38(23-21-37)46-26-36-18-16-15-17-19-36)41-25-42(49-51(30(3)4,31(5)6)32(7)8)43(28-47-41)50-52(33(9)10,34(11)12)35(13)14/h15-23,25,29-35,39-40,42-43H,24,26-28H2,1-14H3/t39-,40+,42+,43+/m0/s1. The van der Waals surface area contributed by atoms with E-state index < -0.39 is 16.6 Å². The summed E-state index contributed by atoms with van der Waals surface area (Å²) in [6.07, 6.45) is 2.53. The van der Waals surface area contributed by atoms with Gasteiger partial charge in [-0.05, 0) is 68.5 Å². The van der Waals surface area contributed by atoms with Gasteiger partial charge in [-0.2, -0.15) is 0 Å². The summed E-state index contributed by atoms with van der Waals surface area (Å²) in [5, 5.41) is 0. The van der Waals surface area contributed by atoms with Crippen LogP contribution in [-0.4, -0.2) is 54.0 Å². The van der Waals surface area contributed by atoms with E-state index in [1.807, 2.05) is 18.2 Å². The van der Waals surface area contributed by atoms with Gasteiger partial charge in [0, 0.05) is 12.3 Å². The maximum absolute atomic E-state index is 7.69. The first kappa shape index (κ1) is 42.3. The van der Waals surface area contributed by atoms with Crippen LogP contribution < -0.4 is 4.74 Å². The van der Waals surface area contributed by atoms with Crippen molar-refractivity contribution in [3.8, 4) is 5.75 Å². The Morgan fingerprint density at radius 2 is 1.19 bits per heavy atom. The zero-order valence-corrected chi connectivity index (χ0v) is 36.9. The molecule has 4 rings (SSSR count).